The maximum atomic E-state index is 11.6. The second-order valence-corrected chi connectivity index (χ2v) is 4.34. The molecule has 0 aliphatic carbocycles. The lowest BCUT2D eigenvalue weighted by molar-refractivity contribution is -0.139. The van der Waals surface area contributed by atoms with Crippen molar-refractivity contribution in [3.05, 3.63) is 28.7 Å². The molecule has 4 N–H and O–H groups in total. The molecule has 18 heavy (non-hydrogen) atoms. The molecule has 0 spiro atoms. The fourth-order valence-electron chi connectivity index (χ4n) is 1.27. The summed E-state index contributed by atoms with van der Waals surface area (Å²) in [7, 11) is 0. The quantitative estimate of drug-likeness (QED) is 0.660. The topological polar surface area (TPSA) is 98.7 Å². The van der Waals surface area contributed by atoms with E-state index in [0.29, 0.717) is 10.2 Å². The second-order valence-electron chi connectivity index (χ2n) is 3.48. The summed E-state index contributed by atoms with van der Waals surface area (Å²) >= 11 is 3.25. The van der Waals surface area contributed by atoms with Crippen LogP contribution in [0.15, 0.2) is 28.7 Å². The maximum Gasteiger partial charge on any atom is 0.326 e. The van der Waals surface area contributed by atoms with Crippen molar-refractivity contribution in [2.24, 2.45) is 0 Å². The third kappa shape index (κ3) is 4.34. The van der Waals surface area contributed by atoms with E-state index in [1.165, 1.54) is 0 Å². The van der Waals surface area contributed by atoms with Gasteiger partial charge in [0.15, 0.2) is 0 Å². The molecule has 1 aromatic rings. The number of nitrogens with one attached hydrogen (secondary N) is 2. The molecule has 1 rings (SSSR count). The van der Waals surface area contributed by atoms with Crippen molar-refractivity contribution < 1.29 is 19.8 Å². The minimum atomic E-state index is -1.19. The predicted octanol–water partition coefficient (Wildman–Crippen LogP) is 1.41. The van der Waals surface area contributed by atoms with Crippen LogP contribution in [0, 0.1) is 0 Å². The molecule has 0 aliphatic heterocycles. The summed E-state index contributed by atoms with van der Waals surface area (Å²) in [5.41, 5.74) is 0.531. The van der Waals surface area contributed by atoms with Crippen molar-refractivity contribution in [1.82, 2.24) is 5.32 Å². The van der Waals surface area contributed by atoms with Gasteiger partial charge in [0.25, 0.3) is 0 Å². The fraction of sp³-hybridized carbons (Fsp3) is 0.273. The summed E-state index contributed by atoms with van der Waals surface area (Å²) in [6, 6.07) is 5.20. The molecule has 0 fully saturated rings. The summed E-state index contributed by atoms with van der Waals surface area (Å²) in [5, 5.41) is 22.3. The summed E-state index contributed by atoms with van der Waals surface area (Å²) in [4.78, 5) is 22.3. The molecule has 1 aromatic carbocycles. The number of carbonyl (C=O) groups is 2. The van der Waals surface area contributed by atoms with E-state index in [9.17, 15) is 9.59 Å². The van der Waals surface area contributed by atoms with Crippen LogP contribution in [-0.2, 0) is 4.79 Å². The van der Waals surface area contributed by atoms with Gasteiger partial charge < -0.3 is 20.8 Å². The third-order valence-corrected chi connectivity index (χ3v) is 2.83. The molecular weight excluding hydrogens is 304 g/mol. The standard InChI is InChI=1S/C11H13BrN2O4/c12-7-3-1-2-4-8(7)13-11(18)14-9(5-6-15)10(16)17/h1-4,9,15H,5-6H2,(H,16,17)(H2,13,14,18). The Bertz CT molecular complexity index is 439. The number of carboxylic acid groups (broad SMARTS) is 1. The number of aliphatic hydroxyl groups excluding tert-OH is 1. The van der Waals surface area contributed by atoms with Gasteiger partial charge in [-0.05, 0) is 28.1 Å². The molecule has 6 nitrogen and oxygen atoms in total. The average molecular weight is 317 g/mol. The maximum absolute atomic E-state index is 11.6. The Balaban J connectivity index is 2.61. The largest absolute Gasteiger partial charge is 0.480 e. The first-order chi connectivity index (χ1) is 8.54. The van der Waals surface area contributed by atoms with Gasteiger partial charge in [0.2, 0.25) is 0 Å². The van der Waals surface area contributed by atoms with Gasteiger partial charge >= 0.3 is 12.0 Å². The van der Waals surface area contributed by atoms with Gasteiger partial charge in [-0.3, -0.25) is 0 Å². The number of rotatable bonds is 5. The van der Waals surface area contributed by atoms with E-state index < -0.39 is 18.0 Å². The molecule has 0 heterocycles. The summed E-state index contributed by atoms with van der Waals surface area (Å²) in [6.45, 7) is -0.313. The number of carbonyl (C=O) groups excluding carboxylic acids is 1. The van der Waals surface area contributed by atoms with Gasteiger partial charge in [0.1, 0.15) is 6.04 Å². The number of halogens is 1. The monoisotopic (exact) mass is 316 g/mol. The first-order valence-electron chi connectivity index (χ1n) is 5.20. The smallest absolute Gasteiger partial charge is 0.326 e. The van der Waals surface area contributed by atoms with Crippen molar-refractivity contribution in [3.63, 3.8) is 0 Å². The first kappa shape index (κ1) is 14.5. The van der Waals surface area contributed by atoms with E-state index in [2.05, 4.69) is 26.6 Å². The molecule has 0 aliphatic rings. The predicted molar refractivity (Wildman–Crippen MR) is 69.4 cm³/mol. The van der Waals surface area contributed by atoms with E-state index >= 15 is 0 Å². The highest BCUT2D eigenvalue weighted by Crippen LogP contribution is 2.20. The van der Waals surface area contributed by atoms with Crippen LogP contribution in [0.4, 0.5) is 10.5 Å². The Morgan fingerprint density at radius 3 is 2.56 bits per heavy atom. The van der Waals surface area contributed by atoms with Crippen molar-refractivity contribution in [3.8, 4) is 0 Å². The first-order valence-corrected chi connectivity index (χ1v) is 5.99. The number of urea groups is 1. The zero-order valence-electron chi connectivity index (χ0n) is 9.39. The summed E-state index contributed by atoms with van der Waals surface area (Å²) in [6.07, 6.45) is -0.0429. The van der Waals surface area contributed by atoms with E-state index in [4.69, 9.17) is 10.2 Å². The molecule has 2 amide bonds. The Morgan fingerprint density at radius 2 is 2.00 bits per heavy atom. The molecule has 98 valence electrons. The van der Waals surface area contributed by atoms with E-state index in [1.54, 1.807) is 24.3 Å². The van der Waals surface area contributed by atoms with Crippen LogP contribution in [0.25, 0.3) is 0 Å². The third-order valence-electron chi connectivity index (χ3n) is 2.14. The van der Waals surface area contributed by atoms with Gasteiger partial charge in [0.05, 0.1) is 5.69 Å². The molecular formula is C11H13BrN2O4. The van der Waals surface area contributed by atoms with E-state index in [-0.39, 0.29) is 13.0 Å². The van der Waals surface area contributed by atoms with Gasteiger partial charge in [-0.2, -0.15) is 0 Å². The summed E-state index contributed by atoms with van der Waals surface area (Å²) < 4.78 is 0.689. The van der Waals surface area contributed by atoms with Crippen LogP contribution >= 0.6 is 15.9 Å². The van der Waals surface area contributed by atoms with Crippen molar-refractivity contribution >= 4 is 33.6 Å². The van der Waals surface area contributed by atoms with Crippen LogP contribution < -0.4 is 10.6 Å². The van der Waals surface area contributed by atoms with Crippen LogP contribution in [0.3, 0.4) is 0 Å². The highest BCUT2D eigenvalue weighted by Gasteiger charge is 2.19. The van der Waals surface area contributed by atoms with E-state index in [1.807, 2.05) is 0 Å². The molecule has 7 heteroatoms. The zero-order valence-corrected chi connectivity index (χ0v) is 11.0. The van der Waals surface area contributed by atoms with Gasteiger partial charge in [-0.25, -0.2) is 9.59 Å². The van der Waals surface area contributed by atoms with Crippen molar-refractivity contribution in [2.75, 3.05) is 11.9 Å². The lowest BCUT2D eigenvalue weighted by Gasteiger charge is -2.14. The van der Waals surface area contributed by atoms with E-state index in [0.717, 1.165) is 0 Å². The lowest BCUT2D eigenvalue weighted by atomic mass is 10.2. The minimum absolute atomic E-state index is 0.0429. The molecule has 1 unspecified atom stereocenters. The Labute approximate surface area is 112 Å². The molecule has 0 aromatic heterocycles. The second kappa shape index (κ2) is 6.97. The average Bonchev–Trinajstić information content (AvgIpc) is 2.31. The number of anilines is 1. The minimum Gasteiger partial charge on any atom is -0.480 e. The molecule has 1 atom stereocenters. The van der Waals surface area contributed by atoms with Crippen LogP contribution in [0.2, 0.25) is 0 Å². The number of aliphatic carboxylic acids is 1. The highest BCUT2D eigenvalue weighted by atomic mass is 79.9. The Morgan fingerprint density at radius 1 is 1.33 bits per heavy atom. The Hall–Kier alpha value is -1.60. The number of amides is 2. The SMILES string of the molecule is O=C(Nc1ccccc1Br)NC(CCO)C(=O)O. The number of para-hydroxylation sites is 1. The van der Waals surface area contributed by atoms with Crippen molar-refractivity contribution in [1.29, 1.82) is 0 Å². The number of benzene rings is 1. The van der Waals surface area contributed by atoms with Crippen molar-refractivity contribution in [2.45, 2.75) is 12.5 Å². The highest BCUT2D eigenvalue weighted by molar-refractivity contribution is 9.10. The van der Waals surface area contributed by atoms with Crippen LogP contribution in [0.5, 0.6) is 0 Å². The summed E-state index contributed by atoms with van der Waals surface area (Å²) in [5.74, 6) is -1.19. The molecule has 0 radical (unpaired) electrons. The van der Waals surface area contributed by atoms with Crippen LogP contribution in [0.1, 0.15) is 6.42 Å². The van der Waals surface area contributed by atoms with Crippen LogP contribution in [-0.4, -0.2) is 34.9 Å². The number of hydrogen-bond acceptors (Lipinski definition) is 3. The molecule has 0 saturated heterocycles. The molecule has 0 bridgehead atoms. The number of hydrogen-bond donors (Lipinski definition) is 4. The fourth-order valence-corrected chi connectivity index (χ4v) is 1.65. The number of aliphatic hydroxyl groups is 1. The zero-order chi connectivity index (χ0) is 13.5. The van der Waals surface area contributed by atoms with Gasteiger partial charge in [-0.1, -0.05) is 12.1 Å². The Kier molecular flexibility index (Phi) is 5.60. The van der Waals surface area contributed by atoms with Gasteiger partial charge in [0, 0.05) is 17.5 Å². The van der Waals surface area contributed by atoms with Gasteiger partial charge in [-0.15, -0.1) is 0 Å². The number of carboxylic acids is 1. The normalized spacial score (nSPS) is 11.7. The molecule has 0 saturated carbocycles. The lowest BCUT2D eigenvalue weighted by Crippen LogP contribution is -2.43.